The lowest BCUT2D eigenvalue weighted by Crippen LogP contribution is -2.41. The summed E-state index contributed by atoms with van der Waals surface area (Å²) in [6.45, 7) is 9.62. The van der Waals surface area contributed by atoms with Gasteiger partial charge in [-0.2, -0.15) is 5.10 Å². The highest BCUT2D eigenvalue weighted by atomic mass is 16.7. The van der Waals surface area contributed by atoms with E-state index in [1.54, 1.807) is 17.8 Å². The smallest absolute Gasteiger partial charge is 0.399 e. The molecule has 0 aliphatic carbocycles. The van der Waals surface area contributed by atoms with Crippen LogP contribution in [0.3, 0.4) is 0 Å². The highest BCUT2D eigenvalue weighted by molar-refractivity contribution is 6.62. The molecule has 0 unspecified atom stereocenters. The fraction of sp³-hybridized carbons (Fsp3) is 0.542. The number of hydrogen-bond donors (Lipinski definition) is 0. The standard InChI is InChI=1S/C24H31BN4O4/c1-23(2)24(3,4)33-25(32-23)17-8-6-16(7-9-17)14-20-27-21-19(22(30)28(20)5)15-26-29(21)18-10-12-31-13-11-18/h6-9,15,18H,10-14H2,1-5H3. The molecule has 9 heteroatoms. The van der Waals surface area contributed by atoms with Crippen LogP contribution in [0.15, 0.2) is 35.3 Å². The summed E-state index contributed by atoms with van der Waals surface area (Å²) in [5, 5.41) is 5.06. The molecule has 2 saturated heterocycles. The van der Waals surface area contributed by atoms with Crippen LogP contribution in [0.1, 0.15) is 58.0 Å². The molecule has 0 atom stereocenters. The van der Waals surface area contributed by atoms with Gasteiger partial charge in [-0.05, 0) is 51.6 Å². The van der Waals surface area contributed by atoms with E-state index in [9.17, 15) is 4.79 Å². The second kappa shape index (κ2) is 8.08. The van der Waals surface area contributed by atoms with Gasteiger partial charge in [-0.3, -0.25) is 9.36 Å². The van der Waals surface area contributed by atoms with Gasteiger partial charge in [0.15, 0.2) is 5.65 Å². The van der Waals surface area contributed by atoms with Gasteiger partial charge in [0.05, 0.1) is 23.4 Å². The topological polar surface area (TPSA) is 80.4 Å². The Morgan fingerprint density at radius 3 is 2.33 bits per heavy atom. The summed E-state index contributed by atoms with van der Waals surface area (Å²) in [7, 11) is 1.38. The Morgan fingerprint density at radius 1 is 1.06 bits per heavy atom. The molecule has 2 aliphatic heterocycles. The van der Waals surface area contributed by atoms with Gasteiger partial charge in [0.1, 0.15) is 11.2 Å². The second-order valence-corrected chi connectivity index (χ2v) is 10.1. The quantitative estimate of drug-likeness (QED) is 0.568. The van der Waals surface area contributed by atoms with Crippen LogP contribution in [0.25, 0.3) is 11.0 Å². The van der Waals surface area contributed by atoms with Crippen molar-refractivity contribution in [1.29, 1.82) is 0 Å². The van der Waals surface area contributed by atoms with Crippen molar-refractivity contribution in [3.63, 3.8) is 0 Å². The number of ether oxygens (including phenoxy) is 1. The fourth-order valence-corrected chi connectivity index (χ4v) is 4.42. The van der Waals surface area contributed by atoms with Crippen LogP contribution in [0.2, 0.25) is 0 Å². The molecular weight excluding hydrogens is 419 g/mol. The fourth-order valence-electron chi connectivity index (χ4n) is 4.42. The summed E-state index contributed by atoms with van der Waals surface area (Å²) >= 11 is 0. The van der Waals surface area contributed by atoms with Crippen LogP contribution in [-0.4, -0.2) is 50.9 Å². The van der Waals surface area contributed by atoms with Gasteiger partial charge >= 0.3 is 7.12 Å². The van der Waals surface area contributed by atoms with E-state index in [4.69, 9.17) is 19.0 Å². The van der Waals surface area contributed by atoms with Crippen LogP contribution in [0.4, 0.5) is 0 Å². The van der Waals surface area contributed by atoms with Crippen LogP contribution in [0, 0.1) is 0 Å². The molecule has 3 aromatic rings. The molecule has 2 fully saturated rings. The van der Waals surface area contributed by atoms with Crippen molar-refractivity contribution >= 4 is 23.6 Å². The van der Waals surface area contributed by atoms with Crippen LogP contribution < -0.4 is 11.0 Å². The monoisotopic (exact) mass is 450 g/mol. The molecular formula is C24H31BN4O4. The lowest BCUT2D eigenvalue weighted by molar-refractivity contribution is 0.00578. The Labute approximate surface area is 194 Å². The number of hydrogen-bond acceptors (Lipinski definition) is 6. The molecule has 0 N–H and O–H groups in total. The number of rotatable bonds is 4. The zero-order valence-electron chi connectivity index (χ0n) is 20.0. The van der Waals surface area contributed by atoms with Gasteiger partial charge < -0.3 is 14.0 Å². The molecule has 4 heterocycles. The highest BCUT2D eigenvalue weighted by Crippen LogP contribution is 2.36. The van der Waals surface area contributed by atoms with Crippen molar-refractivity contribution in [2.45, 2.75) is 64.2 Å². The number of nitrogens with zero attached hydrogens (tertiary/aromatic N) is 4. The minimum atomic E-state index is -0.392. The maximum Gasteiger partial charge on any atom is 0.494 e. The van der Waals surface area contributed by atoms with Crippen LogP contribution in [-0.2, 0) is 27.5 Å². The van der Waals surface area contributed by atoms with E-state index in [0.29, 0.717) is 36.5 Å². The van der Waals surface area contributed by atoms with Crippen molar-refractivity contribution in [2.75, 3.05) is 13.2 Å². The molecule has 0 radical (unpaired) electrons. The Bertz CT molecular complexity index is 1210. The van der Waals surface area contributed by atoms with Gasteiger partial charge in [0, 0.05) is 26.7 Å². The molecule has 2 aliphatic rings. The minimum Gasteiger partial charge on any atom is -0.399 e. The summed E-state index contributed by atoms with van der Waals surface area (Å²) in [4.78, 5) is 17.9. The van der Waals surface area contributed by atoms with Gasteiger partial charge in [0.2, 0.25) is 0 Å². The lowest BCUT2D eigenvalue weighted by atomic mass is 9.79. The van der Waals surface area contributed by atoms with E-state index in [-0.39, 0.29) is 22.8 Å². The molecule has 0 amide bonds. The van der Waals surface area contributed by atoms with Crippen molar-refractivity contribution in [2.24, 2.45) is 7.05 Å². The van der Waals surface area contributed by atoms with Crippen molar-refractivity contribution in [3.05, 3.63) is 52.2 Å². The lowest BCUT2D eigenvalue weighted by Gasteiger charge is -2.32. The van der Waals surface area contributed by atoms with E-state index in [1.165, 1.54) is 0 Å². The Balaban J connectivity index is 1.41. The van der Waals surface area contributed by atoms with Crippen molar-refractivity contribution in [1.82, 2.24) is 19.3 Å². The molecule has 8 nitrogen and oxygen atoms in total. The number of fused-ring (bicyclic) bond motifs is 1. The first-order valence-electron chi connectivity index (χ1n) is 11.6. The first kappa shape index (κ1) is 22.3. The predicted octanol–water partition coefficient (Wildman–Crippen LogP) is 2.37. The predicted molar refractivity (Wildman–Crippen MR) is 127 cm³/mol. The third-order valence-electron chi connectivity index (χ3n) is 7.33. The summed E-state index contributed by atoms with van der Waals surface area (Å²) in [5.41, 5.74) is 1.89. The molecule has 33 heavy (non-hydrogen) atoms. The highest BCUT2D eigenvalue weighted by Gasteiger charge is 2.51. The zero-order valence-corrected chi connectivity index (χ0v) is 20.0. The van der Waals surface area contributed by atoms with E-state index < -0.39 is 7.12 Å². The minimum absolute atomic E-state index is 0.0675. The van der Waals surface area contributed by atoms with Gasteiger partial charge in [-0.25, -0.2) is 9.67 Å². The first-order chi connectivity index (χ1) is 15.7. The Morgan fingerprint density at radius 2 is 1.70 bits per heavy atom. The SMILES string of the molecule is Cn1c(Cc2ccc(B3OC(C)(C)C(C)(C)O3)cc2)nc2c(cnn2C2CCOCC2)c1=O. The summed E-state index contributed by atoms with van der Waals surface area (Å²) < 4.78 is 21.3. The summed E-state index contributed by atoms with van der Waals surface area (Å²) in [6.07, 6.45) is 3.94. The van der Waals surface area contributed by atoms with E-state index in [0.717, 1.165) is 23.9 Å². The maximum absolute atomic E-state index is 13.0. The largest absolute Gasteiger partial charge is 0.494 e. The third-order valence-corrected chi connectivity index (χ3v) is 7.33. The number of benzene rings is 1. The molecule has 0 saturated carbocycles. The second-order valence-electron chi connectivity index (χ2n) is 10.1. The van der Waals surface area contributed by atoms with Crippen molar-refractivity contribution < 1.29 is 14.0 Å². The Hall–Kier alpha value is -2.49. The Kier molecular flexibility index (Phi) is 5.46. The first-order valence-corrected chi connectivity index (χ1v) is 11.6. The molecule has 2 aromatic heterocycles. The van der Waals surface area contributed by atoms with Gasteiger partial charge in [-0.1, -0.05) is 24.3 Å². The van der Waals surface area contributed by atoms with Gasteiger partial charge in [-0.15, -0.1) is 0 Å². The third kappa shape index (κ3) is 3.92. The van der Waals surface area contributed by atoms with E-state index >= 15 is 0 Å². The summed E-state index contributed by atoms with van der Waals surface area (Å²) in [5.74, 6) is 0.713. The van der Waals surface area contributed by atoms with Crippen LogP contribution in [0.5, 0.6) is 0 Å². The number of aromatic nitrogens is 4. The maximum atomic E-state index is 13.0. The molecule has 5 rings (SSSR count). The molecule has 174 valence electrons. The molecule has 0 spiro atoms. The average Bonchev–Trinajstić information content (AvgIpc) is 3.30. The summed E-state index contributed by atoms with van der Waals surface area (Å²) in [6, 6.07) is 8.36. The van der Waals surface area contributed by atoms with E-state index in [2.05, 4.69) is 32.8 Å². The van der Waals surface area contributed by atoms with Crippen molar-refractivity contribution in [3.8, 4) is 0 Å². The van der Waals surface area contributed by atoms with Gasteiger partial charge in [0.25, 0.3) is 5.56 Å². The average molecular weight is 450 g/mol. The van der Waals surface area contributed by atoms with E-state index in [1.807, 2.05) is 28.9 Å². The molecule has 1 aromatic carbocycles. The normalized spacial score (nSPS) is 20.6. The molecule has 0 bridgehead atoms. The zero-order chi connectivity index (χ0) is 23.4. The van der Waals surface area contributed by atoms with Crippen LogP contribution >= 0.6 is 0 Å².